The molecule has 3 atom stereocenters. The molecule has 0 radical (unpaired) electrons. The molecule has 1 fully saturated rings. The number of nitrogens with one attached hydrogen (secondary N) is 2. The molecule has 2 amide bonds. The number of aromatic nitrogens is 4. The number of carbonyl (C=O) groups is 2. The van der Waals surface area contributed by atoms with E-state index in [1.807, 2.05) is 0 Å². The molecule has 9 nitrogen and oxygen atoms in total. The maximum Gasteiger partial charge on any atom is 0.437 e. The molecule has 0 unspecified atom stereocenters. The number of carbonyl (C=O) groups excluding carboxylic acids is 2. The van der Waals surface area contributed by atoms with Crippen LogP contribution in [0.15, 0.2) is 42.6 Å². The first-order chi connectivity index (χ1) is 15.9. The lowest BCUT2D eigenvalue weighted by Crippen LogP contribution is -2.72. The van der Waals surface area contributed by atoms with Crippen LogP contribution in [0.25, 0.3) is 5.95 Å². The molecule has 12 heteroatoms. The van der Waals surface area contributed by atoms with Gasteiger partial charge in [-0.05, 0) is 26.8 Å². The Kier molecular flexibility index (Phi) is 5.64. The lowest BCUT2D eigenvalue weighted by molar-refractivity contribution is -0.287. The van der Waals surface area contributed by atoms with Gasteiger partial charge in [-0.15, -0.1) is 0 Å². The van der Waals surface area contributed by atoms with Crippen LogP contribution in [0.3, 0.4) is 0 Å². The van der Waals surface area contributed by atoms with Gasteiger partial charge < -0.3 is 15.7 Å². The summed E-state index contributed by atoms with van der Waals surface area (Å²) in [5.41, 5.74) is -2.25. The second-order valence-electron chi connectivity index (χ2n) is 8.11. The highest BCUT2D eigenvalue weighted by Gasteiger charge is 2.66. The quantitative estimate of drug-likeness (QED) is 0.500. The maximum atomic E-state index is 14.1. The van der Waals surface area contributed by atoms with Crippen LogP contribution in [0, 0.1) is 26.7 Å². The highest BCUT2D eigenvalue weighted by atomic mass is 19.4. The van der Waals surface area contributed by atoms with Crippen molar-refractivity contribution < 1.29 is 27.9 Å². The standard InChI is InChI=1S/C22H21F3N6O3/c1-11-9-12(2)27-19(26-11)31-10-15(13(3)30-31)17-16(18(32)14-7-5-4-6-8-14)21(34,22(23,24)25)29-20(33)28-17/h4-10,16-17,34H,1-3H3,(H2,28,29,33)/t16-,17+,21-/m1/s1. The zero-order chi connectivity index (χ0) is 24.8. The zero-order valence-corrected chi connectivity index (χ0v) is 18.4. The predicted octanol–water partition coefficient (Wildman–Crippen LogP) is 2.69. The molecule has 4 rings (SSSR count). The predicted molar refractivity (Wildman–Crippen MR) is 113 cm³/mol. The number of aliphatic hydroxyl groups is 1. The topological polar surface area (TPSA) is 122 Å². The molecule has 3 N–H and O–H groups in total. The Balaban J connectivity index is 1.87. The normalized spacial score (nSPS) is 22.7. The van der Waals surface area contributed by atoms with Gasteiger partial charge in [-0.25, -0.2) is 19.4 Å². The highest BCUT2D eigenvalue weighted by molar-refractivity contribution is 6.00. The number of aryl methyl sites for hydroxylation is 3. The largest absolute Gasteiger partial charge is 0.437 e. The first-order valence-corrected chi connectivity index (χ1v) is 10.3. The molecule has 1 saturated heterocycles. The van der Waals surface area contributed by atoms with Gasteiger partial charge in [0.05, 0.1) is 11.7 Å². The van der Waals surface area contributed by atoms with Gasteiger partial charge in [0.1, 0.15) is 5.92 Å². The van der Waals surface area contributed by atoms with E-state index in [2.05, 4.69) is 20.4 Å². The lowest BCUT2D eigenvalue weighted by Gasteiger charge is -2.44. The summed E-state index contributed by atoms with van der Waals surface area (Å²) >= 11 is 0. The van der Waals surface area contributed by atoms with Crippen LogP contribution in [0.4, 0.5) is 18.0 Å². The maximum absolute atomic E-state index is 14.1. The molecule has 0 spiro atoms. The Bertz CT molecular complexity index is 1240. The van der Waals surface area contributed by atoms with E-state index in [4.69, 9.17) is 0 Å². The van der Waals surface area contributed by atoms with Crippen molar-refractivity contribution >= 4 is 11.8 Å². The van der Waals surface area contributed by atoms with Crippen LogP contribution < -0.4 is 10.6 Å². The summed E-state index contributed by atoms with van der Waals surface area (Å²) in [5.74, 6) is -2.99. The molecule has 2 aromatic heterocycles. The van der Waals surface area contributed by atoms with E-state index in [0.29, 0.717) is 11.4 Å². The van der Waals surface area contributed by atoms with Crippen molar-refractivity contribution in [1.82, 2.24) is 30.4 Å². The molecular weight excluding hydrogens is 453 g/mol. The third-order valence-electron chi connectivity index (χ3n) is 5.59. The first kappa shape index (κ1) is 23.4. The molecule has 0 saturated carbocycles. The fraction of sp³-hybridized carbons (Fsp3) is 0.318. The van der Waals surface area contributed by atoms with Gasteiger partial charge >= 0.3 is 12.2 Å². The smallest absolute Gasteiger partial charge is 0.363 e. The molecule has 3 heterocycles. The van der Waals surface area contributed by atoms with Gasteiger partial charge in [0.2, 0.25) is 5.72 Å². The Hall–Kier alpha value is -3.80. The van der Waals surface area contributed by atoms with Crippen LogP contribution in [-0.2, 0) is 0 Å². The van der Waals surface area contributed by atoms with E-state index in [9.17, 15) is 27.9 Å². The van der Waals surface area contributed by atoms with Gasteiger partial charge in [-0.1, -0.05) is 30.3 Å². The van der Waals surface area contributed by atoms with E-state index in [-0.39, 0.29) is 22.8 Å². The van der Waals surface area contributed by atoms with Crippen molar-refractivity contribution in [3.05, 3.63) is 70.8 Å². The molecule has 3 aromatic rings. The fourth-order valence-electron chi connectivity index (χ4n) is 4.07. The van der Waals surface area contributed by atoms with Gasteiger partial charge in [0, 0.05) is 28.7 Å². The summed E-state index contributed by atoms with van der Waals surface area (Å²) in [6.07, 6.45) is -4.00. The third kappa shape index (κ3) is 4.00. The van der Waals surface area contributed by atoms with E-state index in [1.54, 1.807) is 26.0 Å². The number of rotatable bonds is 4. The molecule has 0 aliphatic carbocycles. The zero-order valence-electron chi connectivity index (χ0n) is 18.4. The summed E-state index contributed by atoms with van der Waals surface area (Å²) < 4.78 is 43.5. The van der Waals surface area contributed by atoms with Crippen molar-refractivity contribution in [2.75, 3.05) is 0 Å². The molecule has 1 aliphatic heterocycles. The third-order valence-corrected chi connectivity index (χ3v) is 5.59. The molecular formula is C22H21F3N6O3. The average Bonchev–Trinajstić information content (AvgIpc) is 3.13. The number of ketones is 1. The summed E-state index contributed by atoms with van der Waals surface area (Å²) in [4.78, 5) is 34.1. The SMILES string of the molecule is Cc1cc(C)nc(-n2cc([C@@H]3NC(=O)N[C@](O)(C(F)(F)F)[C@H]3C(=O)c3ccccc3)c(C)n2)n1. The first-order valence-electron chi connectivity index (χ1n) is 10.3. The van der Waals surface area contributed by atoms with E-state index in [1.165, 1.54) is 47.4 Å². The van der Waals surface area contributed by atoms with Crippen LogP contribution in [0.1, 0.15) is 39.0 Å². The van der Waals surface area contributed by atoms with E-state index in [0.717, 1.165) is 0 Å². The number of Topliss-reactive ketones (excluding diaryl/α,β-unsaturated/α-hetero) is 1. The Morgan fingerprint density at radius 3 is 2.32 bits per heavy atom. The number of amides is 2. The molecule has 34 heavy (non-hydrogen) atoms. The van der Waals surface area contributed by atoms with Crippen LogP contribution in [-0.4, -0.2) is 48.6 Å². The van der Waals surface area contributed by atoms with Crippen LogP contribution in [0.5, 0.6) is 0 Å². The van der Waals surface area contributed by atoms with Gasteiger partial charge in [-0.3, -0.25) is 4.79 Å². The minimum absolute atomic E-state index is 0.0548. The number of benzene rings is 1. The second kappa shape index (κ2) is 8.20. The van der Waals surface area contributed by atoms with Gasteiger partial charge in [-0.2, -0.15) is 18.3 Å². The number of hydrogen-bond acceptors (Lipinski definition) is 6. The Morgan fingerprint density at radius 2 is 1.74 bits per heavy atom. The fourth-order valence-corrected chi connectivity index (χ4v) is 4.07. The molecule has 1 aliphatic rings. The molecule has 0 bridgehead atoms. The van der Waals surface area contributed by atoms with E-state index < -0.39 is 35.7 Å². The number of alkyl halides is 3. The minimum atomic E-state index is -5.35. The van der Waals surface area contributed by atoms with Crippen molar-refractivity contribution in [2.45, 2.75) is 38.7 Å². The van der Waals surface area contributed by atoms with Crippen molar-refractivity contribution in [1.29, 1.82) is 0 Å². The highest BCUT2D eigenvalue weighted by Crippen LogP contribution is 2.44. The van der Waals surface area contributed by atoms with Crippen LogP contribution in [0.2, 0.25) is 0 Å². The monoisotopic (exact) mass is 474 g/mol. The Labute approximate surface area is 192 Å². The van der Waals surface area contributed by atoms with Gasteiger partial charge in [0.15, 0.2) is 5.78 Å². The van der Waals surface area contributed by atoms with E-state index >= 15 is 0 Å². The van der Waals surface area contributed by atoms with Crippen molar-refractivity contribution in [3.63, 3.8) is 0 Å². The summed E-state index contributed by atoms with van der Waals surface area (Å²) in [7, 11) is 0. The average molecular weight is 474 g/mol. The van der Waals surface area contributed by atoms with Gasteiger partial charge in [0.25, 0.3) is 5.95 Å². The Morgan fingerprint density at radius 1 is 1.12 bits per heavy atom. The number of halogens is 3. The second-order valence-corrected chi connectivity index (χ2v) is 8.11. The lowest BCUT2D eigenvalue weighted by atomic mass is 9.77. The molecule has 178 valence electrons. The van der Waals surface area contributed by atoms with Crippen LogP contribution >= 0.6 is 0 Å². The minimum Gasteiger partial charge on any atom is -0.363 e. The number of hydrogen-bond donors (Lipinski definition) is 3. The summed E-state index contributed by atoms with van der Waals surface area (Å²) in [6, 6.07) is 6.17. The number of urea groups is 1. The summed E-state index contributed by atoms with van der Waals surface area (Å²) in [5, 5.41) is 18.9. The summed E-state index contributed by atoms with van der Waals surface area (Å²) in [6.45, 7) is 5.01. The van der Waals surface area contributed by atoms with Crippen molar-refractivity contribution in [3.8, 4) is 5.95 Å². The number of nitrogens with zero attached hydrogens (tertiary/aromatic N) is 4. The molecule has 1 aromatic carbocycles. The van der Waals surface area contributed by atoms with Crippen molar-refractivity contribution in [2.24, 2.45) is 5.92 Å².